The third kappa shape index (κ3) is 4.94. The maximum Gasteiger partial charge on any atom is 0.338 e. The Morgan fingerprint density at radius 1 is 1.31 bits per heavy atom. The van der Waals surface area contributed by atoms with E-state index in [0.29, 0.717) is 13.1 Å². The van der Waals surface area contributed by atoms with Gasteiger partial charge in [-0.05, 0) is 39.1 Å². The van der Waals surface area contributed by atoms with Crippen LogP contribution < -0.4 is 4.72 Å². The summed E-state index contributed by atoms with van der Waals surface area (Å²) in [5, 5.41) is -0.0248. The van der Waals surface area contributed by atoms with E-state index in [2.05, 4.69) is 4.72 Å². The molecular formula is C16H21ClN2O6S. The molecule has 2 atom stereocenters. The Kier molecular flexibility index (Phi) is 6.62. The van der Waals surface area contributed by atoms with Crippen molar-refractivity contribution in [1.82, 2.24) is 9.62 Å². The van der Waals surface area contributed by atoms with Crippen LogP contribution in [0.25, 0.3) is 0 Å². The Morgan fingerprint density at radius 2 is 1.92 bits per heavy atom. The SMILES string of the molecule is CNS(=O)(=O)c1cc(C(=O)OCC(=O)N2C[C@H](C)O[C@@H](C)C2)ccc1Cl. The third-order valence-corrected chi connectivity index (χ3v) is 5.72. The maximum absolute atomic E-state index is 12.2. The lowest BCUT2D eigenvalue weighted by molar-refractivity contribution is -0.146. The molecule has 1 aromatic carbocycles. The van der Waals surface area contributed by atoms with Crippen LogP contribution in [-0.4, -0.2) is 64.1 Å². The largest absolute Gasteiger partial charge is 0.452 e. The molecule has 1 N–H and O–H groups in total. The number of morpholine rings is 1. The first kappa shape index (κ1) is 20.6. The van der Waals surface area contributed by atoms with Crippen LogP contribution in [0, 0.1) is 0 Å². The van der Waals surface area contributed by atoms with Gasteiger partial charge in [-0.15, -0.1) is 0 Å². The molecule has 0 radical (unpaired) electrons. The van der Waals surface area contributed by atoms with Crippen LogP contribution in [0.3, 0.4) is 0 Å². The van der Waals surface area contributed by atoms with Crippen molar-refractivity contribution in [2.24, 2.45) is 0 Å². The fourth-order valence-electron chi connectivity index (χ4n) is 2.63. The first-order valence-electron chi connectivity index (χ1n) is 7.97. The lowest BCUT2D eigenvalue weighted by Gasteiger charge is -2.35. The smallest absolute Gasteiger partial charge is 0.338 e. The summed E-state index contributed by atoms with van der Waals surface area (Å²) in [7, 11) is -2.59. The molecule has 0 saturated carbocycles. The maximum atomic E-state index is 12.2. The number of halogens is 1. The van der Waals surface area contributed by atoms with E-state index in [1.165, 1.54) is 19.2 Å². The summed E-state index contributed by atoms with van der Waals surface area (Å²) in [6.45, 7) is 4.13. The number of rotatable bonds is 5. The highest BCUT2D eigenvalue weighted by Gasteiger charge is 2.27. The van der Waals surface area contributed by atoms with Gasteiger partial charge in [0.05, 0.1) is 22.8 Å². The number of amides is 1. The van der Waals surface area contributed by atoms with Gasteiger partial charge in [0, 0.05) is 13.1 Å². The summed E-state index contributed by atoms with van der Waals surface area (Å²) >= 11 is 5.88. The molecule has 8 nitrogen and oxygen atoms in total. The second kappa shape index (κ2) is 8.34. The molecule has 1 aromatic rings. The standard InChI is InChI=1S/C16H21ClN2O6S/c1-10-7-19(8-11(2)25-10)15(20)9-24-16(21)12-4-5-13(17)14(6-12)26(22,23)18-3/h4-6,10-11,18H,7-9H2,1-3H3/t10-,11-/m0/s1. The number of nitrogens with zero attached hydrogens (tertiary/aromatic N) is 1. The average molecular weight is 405 g/mol. The van der Waals surface area contributed by atoms with Gasteiger partial charge in [0.25, 0.3) is 5.91 Å². The molecule has 1 fully saturated rings. The minimum absolute atomic E-state index is 0.0141. The molecule has 0 spiro atoms. The van der Waals surface area contributed by atoms with Gasteiger partial charge in [0.15, 0.2) is 6.61 Å². The lowest BCUT2D eigenvalue weighted by Crippen LogP contribution is -2.49. The number of ether oxygens (including phenoxy) is 2. The number of sulfonamides is 1. The molecule has 26 heavy (non-hydrogen) atoms. The van der Waals surface area contributed by atoms with E-state index in [0.717, 1.165) is 6.07 Å². The Labute approximate surface area is 157 Å². The Balaban J connectivity index is 2.04. The number of benzene rings is 1. The van der Waals surface area contributed by atoms with E-state index in [-0.39, 0.29) is 33.6 Å². The Morgan fingerprint density at radius 3 is 2.50 bits per heavy atom. The number of nitrogens with one attached hydrogen (secondary N) is 1. The van der Waals surface area contributed by atoms with Gasteiger partial charge in [0.1, 0.15) is 4.90 Å². The first-order valence-corrected chi connectivity index (χ1v) is 9.83. The lowest BCUT2D eigenvalue weighted by atomic mass is 10.2. The van der Waals surface area contributed by atoms with Crippen molar-refractivity contribution in [3.63, 3.8) is 0 Å². The number of hydrogen-bond acceptors (Lipinski definition) is 6. The summed E-state index contributed by atoms with van der Waals surface area (Å²) in [6, 6.07) is 3.73. The predicted octanol–water partition coefficient (Wildman–Crippen LogP) is 1.04. The van der Waals surface area contributed by atoms with Crippen molar-refractivity contribution in [2.45, 2.75) is 31.0 Å². The number of carbonyl (C=O) groups is 2. The normalized spacial score (nSPS) is 20.7. The van der Waals surface area contributed by atoms with E-state index in [1.54, 1.807) is 4.90 Å². The van der Waals surface area contributed by atoms with Crippen LogP contribution in [0.2, 0.25) is 5.02 Å². The summed E-state index contributed by atoms with van der Waals surface area (Å²) < 4.78 is 36.5. The third-order valence-electron chi connectivity index (χ3n) is 3.82. The fourth-order valence-corrected chi connectivity index (χ4v) is 3.88. The summed E-state index contributed by atoms with van der Waals surface area (Å²) in [6.07, 6.45) is -0.187. The van der Waals surface area contributed by atoms with Gasteiger partial charge >= 0.3 is 5.97 Å². The molecule has 0 aliphatic carbocycles. The topological polar surface area (TPSA) is 102 Å². The molecule has 10 heteroatoms. The summed E-state index contributed by atoms with van der Waals surface area (Å²) in [5.41, 5.74) is -0.0141. The molecule has 0 aromatic heterocycles. The monoisotopic (exact) mass is 404 g/mol. The van der Waals surface area contributed by atoms with Gasteiger partial charge in [0.2, 0.25) is 10.0 Å². The van der Waals surface area contributed by atoms with Crippen molar-refractivity contribution in [2.75, 3.05) is 26.7 Å². The molecule has 1 aliphatic heterocycles. The molecule has 0 unspecified atom stereocenters. The molecule has 1 heterocycles. The highest BCUT2D eigenvalue weighted by Crippen LogP contribution is 2.23. The van der Waals surface area contributed by atoms with Crippen molar-refractivity contribution in [1.29, 1.82) is 0 Å². The van der Waals surface area contributed by atoms with E-state index >= 15 is 0 Å². The van der Waals surface area contributed by atoms with Crippen molar-refractivity contribution >= 4 is 33.5 Å². The van der Waals surface area contributed by atoms with Gasteiger partial charge in [-0.3, -0.25) is 4.79 Å². The van der Waals surface area contributed by atoms with Crippen molar-refractivity contribution in [3.05, 3.63) is 28.8 Å². The molecule has 144 valence electrons. The van der Waals surface area contributed by atoms with Crippen molar-refractivity contribution in [3.8, 4) is 0 Å². The van der Waals surface area contributed by atoms with Crippen LogP contribution in [0.1, 0.15) is 24.2 Å². The highest BCUT2D eigenvalue weighted by molar-refractivity contribution is 7.89. The van der Waals surface area contributed by atoms with Crippen LogP contribution in [0.5, 0.6) is 0 Å². The fraction of sp³-hybridized carbons (Fsp3) is 0.500. The van der Waals surface area contributed by atoms with Crippen LogP contribution in [0.4, 0.5) is 0 Å². The number of hydrogen-bond donors (Lipinski definition) is 1. The average Bonchev–Trinajstić information content (AvgIpc) is 2.58. The predicted molar refractivity (Wildman–Crippen MR) is 94.6 cm³/mol. The van der Waals surface area contributed by atoms with E-state index in [4.69, 9.17) is 21.1 Å². The zero-order valence-electron chi connectivity index (χ0n) is 14.7. The second-order valence-corrected chi connectivity index (χ2v) is 8.25. The molecular weight excluding hydrogens is 384 g/mol. The molecule has 0 bridgehead atoms. The number of esters is 1. The Hall–Kier alpha value is -1.68. The van der Waals surface area contributed by atoms with Crippen molar-refractivity contribution < 1.29 is 27.5 Å². The summed E-state index contributed by atoms with van der Waals surface area (Å²) in [5.74, 6) is -1.14. The van der Waals surface area contributed by atoms with Gasteiger partial charge < -0.3 is 14.4 Å². The molecule has 1 aliphatic rings. The minimum Gasteiger partial charge on any atom is -0.452 e. The van der Waals surface area contributed by atoms with Gasteiger partial charge in [-0.1, -0.05) is 11.6 Å². The minimum atomic E-state index is -3.82. The molecule has 1 amide bonds. The highest BCUT2D eigenvalue weighted by atomic mass is 35.5. The van der Waals surface area contributed by atoms with E-state index in [9.17, 15) is 18.0 Å². The molecule has 1 saturated heterocycles. The van der Waals surface area contributed by atoms with Crippen LogP contribution in [-0.2, 0) is 24.3 Å². The zero-order chi connectivity index (χ0) is 19.5. The first-order chi connectivity index (χ1) is 12.1. The summed E-state index contributed by atoms with van der Waals surface area (Å²) in [4.78, 5) is 25.7. The molecule has 2 rings (SSSR count). The van der Waals surface area contributed by atoms with Gasteiger partial charge in [-0.25, -0.2) is 17.9 Å². The Bertz CT molecular complexity index is 788. The second-order valence-electron chi connectivity index (χ2n) is 5.98. The van der Waals surface area contributed by atoms with E-state index in [1.807, 2.05) is 13.8 Å². The van der Waals surface area contributed by atoms with E-state index < -0.39 is 22.6 Å². The quantitative estimate of drug-likeness (QED) is 0.736. The zero-order valence-corrected chi connectivity index (χ0v) is 16.3. The number of carbonyl (C=O) groups excluding carboxylic acids is 2. The van der Waals surface area contributed by atoms with Gasteiger partial charge in [-0.2, -0.15) is 0 Å². The van der Waals surface area contributed by atoms with Crippen LogP contribution >= 0.6 is 11.6 Å². The van der Waals surface area contributed by atoms with Crippen LogP contribution in [0.15, 0.2) is 23.1 Å².